The molecule has 31 heavy (non-hydrogen) atoms. The minimum Gasteiger partial charge on any atom is -0.341 e. The maximum Gasteiger partial charge on any atom is 0.471 e. The molecule has 0 spiro atoms. The van der Waals surface area contributed by atoms with Crippen molar-refractivity contribution in [3.63, 3.8) is 0 Å². The predicted octanol–water partition coefficient (Wildman–Crippen LogP) is 2.64. The molecule has 1 saturated heterocycles. The van der Waals surface area contributed by atoms with Crippen LogP contribution in [0.25, 0.3) is 0 Å². The third-order valence-electron chi connectivity index (χ3n) is 4.90. The SMILES string of the molecule is C/C=C/C(C#N)NC=O.CC(C)C.CC1(C)[C@@H]2CN(C(=O)CNC(=O)C(F)(F)F)C[C@@H]21. The van der Waals surface area contributed by atoms with E-state index in [1.807, 2.05) is 6.07 Å². The van der Waals surface area contributed by atoms with E-state index < -0.39 is 30.6 Å². The minimum absolute atomic E-state index is 0.242. The lowest BCUT2D eigenvalue weighted by molar-refractivity contribution is -0.174. The van der Waals surface area contributed by atoms with E-state index in [1.165, 1.54) is 4.90 Å². The van der Waals surface area contributed by atoms with E-state index in [0.717, 1.165) is 5.92 Å². The van der Waals surface area contributed by atoms with Crippen LogP contribution in [-0.4, -0.2) is 55.0 Å². The van der Waals surface area contributed by atoms with E-state index in [0.29, 0.717) is 31.3 Å². The van der Waals surface area contributed by atoms with Gasteiger partial charge in [-0.05, 0) is 30.1 Å². The standard InChI is InChI=1S/C11H15F3N2O2.C6H8N2O.C4H10/c1-10(2)6-4-16(5-7(6)10)8(17)3-15-9(18)11(12,13)14;1-2-3-6(4-7)8-5-9;1-4(2)3/h6-7H,3-5H2,1-2H3,(H,15,18);2-3,5-6H,1H3,(H,8,9);4H,1-3H3/b;3-2+;/t6-,7+;;. The monoisotopic (exact) mass is 446 g/mol. The average molecular weight is 447 g/mol. The van der Waals surface area contributed by atoms with Crippen molar-refractivity contribution in [2.45, 2.75) is 53.8 Å². The molecule has 2 N–H and O–H groups in total. The smallest absolute Gasteiger partial charge is 0.341 e. The van der Waals surface area contributed by atoms with Gasteiger partial charge in [0.15, 0.2) is 0 Å². The molecule has 2 rings (SSSR count). The van der Waals surface area contributed by atoms with Crippen LogP contribution in [0.5, 0.6) is 0 Å². The molecular weight excluding hydrogens is 413 g/mol. The summed E-state index contributed by atoms with van der Waals surface area (Å²) in [6.07, 6.45) is -1.11. The Morgan fingerprint density at radius 2 is 1.71 bits per heavy atom. The van der Waals surface area contributed by atoms with Crippen molar-refractivity contribution in [3.05, 3.63) is 12.2 Å². The van der Waals surface area contributed by atoms with Crippen LogP contribution < -0.4 is 10.6 Å². The fourth-order valence-corrected chi connectivity index (χ4v) is 3.11. The van der Waals surface area contributed by atoms with Gasteiger partial charge < -0.3 is 15.5 Å². The third-order valence-corrected chi connectivity index (χ3v) is 4.90. The van der Waals surface area contributed by atoms with Crippen LogP contribution in [0.3, 0.4) is 0 Å². The second-order valence-electron chi connectivity index (χ2n) is 8.66. The number of carbonyl (C=O) groups excluding carboxylic acids is 3. The fourth-order valence-electron chi connectivity index (χ4n) is 3.11. The van der Waals surface area contributed by atoms with Crippen molar-refractivity contribution in [2.75, 3.05) is 19.6 Å². The Bertz CT molecular complexity index is 668. The molecule has 2 fully saturated rings. The number of carbonyl (C=O) groups is 3. The molecule has 1 saturated carbocycles. The molecule has 0 radical (unpaired) electrons. The largest absolute Gasteiger partial charge is 0.471 e. The summed E-state index contributed by atoms with van der Waals surface area (Å²) in [4.78, 5) is 33.4. The number of allylic oxidation sites excluding steroid dienone is 1. The molecule has 10 heteroatoms. The van der Waals surface area contributed by atoms with Gasteiger partial charge in [-0.3, -0.25) is 14.4 Å². The van der Waals surface area contributed by atoms with Crippen LogP contribution in [0, 0.1) is 34.5 Å². The highest BCUT2D eigenvalue weighted by molar-refractivity contribution is 5.87. The number of halogens is 3. The summed E-state index contributed by atoms with van der Waals surface area (Å²) in [7, 11) is 0. The van der Waals surface area contributed by atoms with Gasteiger partial charge in [-0.1, -0.05) is 46.8 Å². The molecule has 0 aromatic heterocycles. The summed E-state index contributed by atoms with van der Waals surface area (Å²) in [5.41, 5.74) is 0.242. The third kappa shape index (κ3) is 9.85. The Hall–Kier alpha value is -2.57. The van der Waals surface area contributed by atoms with Crippen LogP contribution in [0.2, 0.25) is 0 Å². The topological polar surface area (TPSA) is 102 Å². The molecule has 1 aliphatic heterocycles. The van der Waals surface area contributed by atoms with Gasteiger partial charge in [-0.15, -0.1) is 0 Å². The lowest BCUT2D eigenvalue weighted by Gasteiger charge is -2.22. The Morgan fingerprint density at radius 3 is 2.06 bits per heavy atom. The van der Waals surface area contributed by atoms with Gasteiger partial charge in [0.1, 0.15) is 6.04 Å². The summed E-state index contributed by atoms with van der Waals surface area (Å²) in [5.74, 6) is -0.796. The summed E-state index contributed by atoms with van der Waals surface area (Å²) < 4.78 is 35.7. The fraction of sp³-hybridized carbons (Fsp3) is 0.714. The highest BCUT2D eigenvalue weighted by Crippen LogP contribution is 2.61. The first-order valence-corrected chi connectivity index (χ1v) is 10.1. The number of alkyl halides is 3. The first kappa shape index (κ1) is 28.4. The molecule has 7 nitrogen and oxygen atoms in total. The van der Waals surface area contributed by atoms with Crippen molar-refractivity contribution in [3.8, 4) is 6.07 Å². The van der Waals surface area contributed by atoms with Crippen LogP contribution in [0.15, 0.2) is 12.2 Å². The molecule has 0 bridgehead atoms. The van der Waals surface area contributed by atoms with Crippen molar-refractivity contribution in [2.24, 2.45) is 23.2 Å². The second-order valence-corrected chi connectivity index (χ2v) is 8.66. The molecule has 0 aromatic carbocycles. The molecule has 1 unspecified atom stereocenters. The summed E-state index contributed by atoms with van der Waals surface area (Å²) in [6.45, 7) is 13.1. The van der Waals surface area contributed by atoms with Crippen molar-refractivity contribution < 1.29 is 27.6 Å². The number of nitrogens with one attached hydrogen (secondary N) is 2. The highest BCUT2D eigenvalue weighted by atomic mass is 19.4. The molecule has 1 heterocycles. The quantitative estimate of drug-likeness (QED) is 0.501. The van der Waals surface area contributed by atoms with Crippen molar-refractivity contribution in [1.29, 1.82) is 5.26 Å². The number of piperidine rings is 1. The van der Waals surface area contributed by atoms with Gasteiger partial charge in [0.25, 0.3) is 0 Å². The molecular formula is C21H33F3N4O3. The van der Waals surface area contributed by atoms with Gasteiger partial charge in [-0.2, -0.15) is 18.4 Å². The maximum atomic E-state index is 11.9. The van der Waals surface area contributed by atoms with Gasteiger partial charge in [0.2, 0.25) is 12.3 Å². The Labute approximate surface area is 182 Å². The predicted molar refractivity (Wildman–Crippen MR) is 110 cm³/mol. The van der Waals surface area contributed by atoms with Gasteiger partial charge in [0, 0.05) is 13.1 Å². The van der Waals surface area contributed by atoms with Crippen LogP contribution >= 0.6 is 0 Å². The Balaban J connectivity index is 0.000000581. The van der Waals surface area contributed by atoms with Crippen LogP contribution in [-0.2, 0) is 14.4 Å². The van der Waals surface area contributed by atoms with Crippen LogP contribution in [0.4, 0.5) is 13.2 Å². The lowest BCUT2D eigenvalue weighted by Crippen LogP contribution is -2.44. The zero-order valence-corrected chi connectivity index (χ0v) is 18.9. The van der Waals surface area contributed by atoms with Crippen molar-refractivity contribution >= 4 is 18.2 Å². The number of likely N-dealkylation sites (tertiary alicyclic amines) is 1. The van der Waals surface area contributed by atoms with E-state index in [9.17, 15) is 27.6 Å². The number of fused-ring (bicyclic) bond motifs is 1. The highest BCUT2D eigenvalue weighted by Gasteiger charge is 2.62. The van der Waals surface area contributed by atoms with E-state index in [4.69, 9.17) is 5.26 Å². The molecule has 3 amide bonds. The number of hydrogen-bond donors (Lipinski definition) is 2. The molecule has 3 atom stereocenters. The van der Waals surface area contributed by atoms with Crippen LogP contribution in [0.1, 0.15) is 41.5 Å². The van der Waals surface area contributed by atoms with E-state index in [1.54, 1.807) is 24.4 Å². The van der Waals surface area contributed by atoms with Gasteiger partial charge in [-0.25, -0.2) is 0 Å². The summed E-state index contributed by atoms with van der Waals surface area (Å²) in [5, 5.41) is 12.2. The summed E-state index contributed by atoms with van der Waals surface area (Å²) in [6, 6.07) is 1.40. The molecule has 2 aliphatic rings. The number of amides is 3. The second kappa shape index (κ2) is 12.3. The Morgan fingerprint density at radius 1 is 1.23 bits per heavy atom. The lowest BCUT2D eigenvalue weighted by atomic mass is 10.1. The van der Waals surface area contributed by atoms with Gasteiger partial charge in [0.05, 0.1) is 12.6 Å². The molecule has 176 valence electrons. The zero-order chi connectivity index (χ0) is 24.4. The Kier molecular flexibility index (Phi) is 11.3. The van der Waals surface area contributed by atoms with E-state index in [-0.39, 0.29) is 5.41 Å². The maximum absolute atomic E-state index is 11.9. The number of nitrogens with zero attached hydrogens (tertiary/aromatic N) is 2. The van der Waals surface area contributed by atoms with Crippen molar-refractivity contribution in [1.82, 2.24) is 15.5 Å². The first-order valence-electron chi connectivity index (χ1n) is 10.1. The molecule has 1 aliphatic carbocycles. The average Bonchev–Trinajstić information content (AvgIpc) is 3.00. The van der Waals surface area contributed by atoms with E-state index >= 15 is 0 Å². The number of rotatable bonds is 5. The molecule has 0 aromatic rings. The normalized spacial score (nSPS) is 21.5. The minimum atomic E-state index is -4.94. The summed E-state index contributed by atoms with van der Waals surface area (Å²) >= 11 is 0. The van der Waals surface area contributed by atoms with Gasteiger partial charge >= 0.3 is 12.1 Å². The van der Waals surface area contributed by atoms with E-state index in [2.05, 4.69) is 39.9 Å². The number of nitriles is 1. The zero-order valence-electron chi connectivity index (χ0n) is 18.9. The first-order chi connectivity index (χ1) is 14.2. The number of hydrogen-bond acceptors (Lipinski definition) is 4.